The third kappa shape index (κ3) is 2.65. The Labute approximate surface area is 135 Å². The van der Waals surface area contributed by atoms with E-state index in [1.54, 1.807) is 6.07 Å². The Balaban J connectivity index is 2.11. The van der Waals surface area contributed by atoms with Gasteiger partial charge in [-0.2, -0.15) is 0 Å². The minimum absolute atomic E-state index is 0.0819. The van der Waals surface area contributed by atoms with Crippen LogP contribution in [0.5, 0.6) is 0 Å². The number of rotatable bonds is 3. The van der Waals surface area contributed by atoms with Crippen molar-refractivity contribution in [1.82, 2.24) is 10.3 Å². The molecule has 0 aromatic carbocycles. The average molecular weight is 314 g/mol. The molecule has 2 aliphatic carbocycles. The molecular formula is C18H22N2O3. The normalized spacial score (nSPS) is 27.3. The molecule has 0 aliphatic heterocycles. The summed E-state index contributed by atoms with van der Waals surface area (Å²) in [6.07, 6.45) is 6.00. The van der Waals surface area contributed by atoms with Gasteiger partial charge in [-0.15, -0.1) is 0 Å². The highest BCUT2D eigenvalue weighted by Gasteiger charge is 2.46. The van der Waals surface area contributed by atoms with Gasteiger partial charge in [-0.25, -0.2) is 0 Å². The van der Waals surface area contributed by atoms with Crippen molar-refractivity contribution < 1.29 is 9.53 Å². The second-order valence-corrected chi connectivity index (χ2v) is 6.32. The van der Waals surface area contributed by atoms with Crippen LogP contribution in [0.3, 0.4) is 0 Å². The Bertz CT molecular complexity index is 760. The Morgan fingerprint density at radius 2 is 2.30 bits per heavy atom. The van der Waals surface area contributed by atoms with Gasteiger partial charge in [0.05, 0.1) is 5.54 Å². The van der Waals surface area contributed by atoms with Crippen molar-refractivity contribution in [3.05, 3.63) is 57.0 Å². The smallest absolute Gasteiger partial charge is 0.303 e. The van der Waals surface area contributed by atoms with Crippen LogP contribution in [0.1, 0.15) is 38.4 Å². The van der Waals surface area contributed by atoms with Gasteiger partial charge in [0.25, 0.3) is 0 Å². The number of fused-ring (bicyclic) bond motifs is 4. The number of hydrogen-bond donors (Lipinski definition) is 2. The van der Waals surface area contributed by atoms with Gasteiger partial charge in [-0.3, -0.25) is 14.9 Å². The molecule has 2 bridgehead atoms. The van der Waals surface area contributed by atoms with Crippen LogP contribution in [-0.4, -0.2) is 17.7 Å². The Morgan fingerprint density at radius 1 is 1.52 bits per heavy atom. The fourth-order valence-electron chi connectivity index (χ4n) is 4.03. The van der Waals surface area contributed by atoms with Crippen molar-refractivity contribution in [2.24, 2.45) is 5.92 Å². The molecule has 0 amide bonds. The van der Waals surface area contributed by atoms with Gasteiger partial charge in [-0.05, 0) is 43.9 Å². The fourth-order valence-corrected chi connectivity index (χ4v) is 4.03. The van der Waals surface area contributed by atoms with E-state index in [4.69, 9.17) is 4.74 Å². The van der Waals surface area contributed by atoms with Gasteiger partial charge in [0.1, 0.15) is 6.73 Å². The van der Waals surface area contributed by atoms with Gasteiger partial charge >= 0.3 is 5.97 Å². The first-order valence-electron chi connectivity index (χ1n) is 7.91. The number of allylic oxidation sites excluding steroid dienone is 2. The number of H-pyrrole nitrogens is 1. The zero-order valence-electron chi connectivity index (χ0n) is 13.7. The summed E-state index contributed by atoms with van der Waals surface area (Å²) < 4.78 is 5.13. The molecule has 1 aromatic rings. The fraction of sp³-hybridized carbons (Fsp3) is 0.444. The zero-order valence-corrected chi connectivity index (χ0v) is 13.7. The summed E-state index contributed by atoms with van der Waals surface area (Å²) in [7, 11) is 0. The van der Waals surface area contributed by atoms with Gasteiger partial charge < -0.3 is 9.72 Å². The highest BCUT2D eigenvalue weighted by Crippen LogP contribution is 2.49. The van der Waals surface area contributed by atoms with E-state index in [0.717, 1.165) is 24.1 Å². The van der Waals surface area contributed by atoms with Crippen LogP contribution in [0.4, 0.5) is 0 Å². The van der Waals surface area contributed by atoms with E-state index in [1.165, 1.54) is 18.1 Å². The number of carbonyl (C=O) groups excluding carboxylic acids is 1. The van der Waals surface area contributed by atoms with Crippen molar-refractivity contribution in [3.8, 4) is 0 Å². The van der Waals surface area contributed by atoms with Crippen LogP contribution in [0.15, 0.2) is 40.2 Å². The quantitative estimate of drug-likeness (QED) is 0.509. The molecular weight excluding hydrogens is 292 g/mol. The van der Waals surface area contributed by atoms with E-state index in [2.05, 4.69) is 29.4 Å². The molecule has 0 spiro atoms. The molecule has 2 N–H and O–H groups in total. The number of carbonyl (C=O) groups is 1. The number of esters is 1. The predicted molar refractivity (Wildman–Crippen MR) is 87.8 cm³/mol. The third-order valence-corrected chi connectivity index (χ3v) is 4.77. The molecule has 1 aromatic heterocycles. The molecule has 0 fully saturated rings. The Morgan fingerprint density at radius 3 is 3.00 bits per heavy atom. The average Bonchev–Trinajstić information content (AvgIpc) is 2.45. The molecule has 5 nitrogen and oxygen atoms in total. The maximum Gasteiger partial charge on any atom is 0.303 e. The van der Waals surface area contributed by atoms with Gasteiger partial charge in [0.15, 0.2) is 0 Å². The third-order valence-electron chi connectivity index (χ3n) is 4.77. The summed E-state index contributed by atoms with van der Waals surface area (Å²) in [6.45, 7) is 5.70. The number of hydrogen-bond acceptors (Lipinski definition) is 4. The SMILES string of the molecule is C/C=C1\C2C=C(C)CC1(NCOC(C)=O)c1ccc(=O)[nH]c1C2. The minimum atomic E-state index is -0.425. The standard InChI is InChI=1S/C18H22N2O3/c1-4-14-13-7-11(2)9-18(14,19-10-23-12(3)21)15-5-6-17(22)20-16(15)8-13/h4-7,13,19H,8-10H2,1-3H3,(H,20,22)/b14-4+. The number of aromatic nitrogens is 1. The molecule has 1 heterocycles. The van der Waals surface area contributed by atoms with Gasteiger partial charge in [0, 0.05) is 24.6 Å². The lowest BCUT2D eigenvalue weighted by Gasteiger charge is -2.48. The predicted octanol–water partition coefficient (Wildman–Crippen LogP) is 2.15. The van der Waals surface area contributed by atoms with Crippen LogP contribution in [0.2, 0.25) is 0 Å². The molecule has 2 atom stereocenters. The lowest BCUT2D eigenvalue weighted by molar-refractivity contribution is -0.142. The van der Waals surface area contributed by atoms with E-state index >= 15 is 0 Å². The van der Waals surface area contributed by atoms with Crippen molar-refractivity contribution in [1.29, 1.82) is 0 Å². The first kappa shape index (κ1) is 15.7. The van der Waals surface area contributed by atoms with Crippen LogP contribution in [-0.2, 0) is 21.5 Å². The van der Waals surface area contributed by atoms with Crippen LogP contribution >= 0.6 is 0 Å². The monoisotopic (exact) mass is 314 g/mol. The number of aromatic amines is 1. The molecule has 0 radical (unpaired) electrons. The highest BCUT2D eigenvalue weighted by molar-refractivity contribution is 5.65. The van der Waals surface area contributed by atoms with Crippen molar-refractivity contribution in [2.75, 3.05) is 6.73 Å². The summed E-state index contributed by atoms with van der Waals surface area (Å²) in [5, 5.41) is 3.43. The maximum atomic E-state index is 11.7. The van der Waals surface area contributed by atoms with Gasteiger partial charge in [-0.1, -0.05) is 17.7 Å². The highest BCUT2D eigenvalue weighted by atomic mass is 16.5. The second kappa shape index (κ2) is 5.81. The number of ether oxygens (including phenoxy) is 1. The first-order valence-corrected chi connectivity index (χ1v) is 7.91. The van der Waals surface area contributed by atoms with E-state index in [9.17, 15) is 9.59 Å². The second-order valence-electron chi connectivity index (χ2n) is 6.32. The summed E-state index contributed by atoms with van der Waals surface area (Å²) in [6, 6.07) is 3.46. The molecule has 122 valence electrons. The number of nitrogens with one attached hydrogen (secondary N) is 2. The molecule has 3 rings (SSSR count). The molecule has 5 heteroatoms. The van der Waals surface area contributed by atoms with Crippen molar-refractivity contribution in [2.45, 2.75) is 39.2 Å². The molecule has 0 saturated carbocycles. The number of pyridine rings is 1. The molecule has 0 saturated heterocycles. The van der Waals surface area contributed by atoms with E-state index in [1.807, 2.05) is 13.0 Å². The van der Waals surface area contributed by atoms with E-state index < -0.39 is 5.54 Å². The van der Waals surface area contributed by atoms with E-state index in [-0.39, 0.29) is 24.2 Å². The van der Waals surface area contributed by atoms with Crippen LogP contribution in [0, 0.1) is 5.92 Å². The summed E-state index contributed by atoms with van der Waals surface area (Å²) in [4.78, 5) is 25.8. The van der Waals surface area contributed by atoms with Crippen molar-refractivity contribution in [3.63, 3.8) is 0 Å². The lowest BCUT2D eigenvalue weighted by atomic mass is 9.63. The summed E-state index contributed by atoms with van der Waals surface area (Å²) in [5.41, 5.74) is 4.10. The molecule has 2 aliphatic rings. The maximum absolute atomic E-state index is 11.7. The van der Waals surface area contributed by atoms with Crippen LogP contribution < -0.4 is 10.9 Å². The lowest BCUT2D eigenvalue weighted by Crippen LogP contribution is -2.52. The zero-order chi connectivity index (χ0) is 16.6. The Kier molecular flexibility index (Phi) is 3.98. The van der Waals surface area contributed by atoms with Gasteiger partial charge in [0.2, 0.25) is 5.56 Å². The summed E-state index contributed by atoms with van der Waals surface area (Å²) >= 11 is 0. The first-order chi connectivity index (χ1) is 11.0. The van der Waals surface area contributed by atoms with Crippen molar-refractivity contribution >= 4 is 5.97 Å². The Hall–Kier alpha value is -2.14. The summed E-state index contributed by atoms with van der Waals surface area (Å²) in [5.74, 6) is -0.0582. The minimum Gasteiger partial charge on any atom is -0.450 e. The molecule has 2 unspecified atom stereocenters. The largest absolute Gasteiger partial charge is 0.450 e. The molecule has 23 heavy (non-hydrogen) atoms. The van der Waals surface area contributed by atoms with Crippen LogP contribution in [0.25, 0.3) is 0 Å². The van der Waals surface area contributed by atoms with E-state index in [0.29, 0.717) is 0 Å². The topological polar surface area (TPSA) is 71.2 Å².